The number of carbonyl (C=O) groups is 4. The van der Waals surface area contributed by atoms with Crippen molar-refractivity contribution in [1.82, 2.24) is 15.8 Å². The second-order valence-corrected chi connectivity index (χ2v) is 12.1. The van der Waals surface area contributed by atoms with Crippen molar-refractivity contribution in [2.24, 2.45) is 16.8 Å². The first kappa shape index (κ1) is 34.1. The molecule has 0 aromatic rings. The molecule has 1 aliphatic carbocycles. The smallest absolute Gasteiger partial charge is 0.435 e. The number of nitrogens with zero attached hydrogens (tertiary/aromatic N) is 2. The third-order valence-corrected chi connectivity index (χ3v) is 6.34. The second kappa shape index (κ2) is 14.0. The number of ether oxygens (including phenoxy) is 4. The van der Waals surface area contributed by atoms with E-state index < -0.39 is 47.0 Å². The molecule has 1 saturated carbocycles. The number of hydrogen-bond donors (Lipinski definition) is 2. The predicted octanol–water partition coefficient (Wildman–Crippen LogP) is 3.97. The highest BCUT2D eigenvalue weighted by Crippen LogP contribution is 2.41. The molecular formula is C27H48N4O8. The summed E-state index contributed by atoms with van der Waals surface area (Å²) in [5.74, 6) is -1.45. The number of methoxy groups -OCH3 is 2. The van der Waals surface area contributed by atoms with Crippen LogP contribution in [0.15, 0.2) is 4.99 Å². The molecule has 0 aliphatic heterocycles. The van der Waals surface area contributed by atoms with Gasteiger partial charge < -0.3 is 24.3 Å². The van der Waals surface area contributed by atoms with Crippen LogP contribution in [-0.4, -0.2) is 78.5 Å². The van der Waals surface area contributed by atoms with Gasteiger partial charge in [-0.05, 0) is 67.7 Å². The van der Waals surface area contributed by atoms with E-state index in [9.17, 15) is 19.2 Å². The van der Waals surface area contributed by atoms with Gasteiger partial charge in [-0.3, -0.25) is 14.6 Å². The van der Waals surface area contributed by atoms with Crippen molar-refractivity contribution in [3.63, 3.8) is 0 Å². The van der Waals surface area contributed by atoms with Gasteiger partial charge in [-0.2, -0.15) is 5.01 Å². The number of rotatable bonds is 9. The number of amides is 3. The monoisotopic (exact) mass is 556 g/mol. The fourth-order valence-electron chi connectivity index (χ4n) is 4.73. The zero-order chi connectivity index (χ0) is 30.2. The molecule has 5 atom stereocenters. The molecule has 224 valence electrons. The molecule has 12 heteroatoms. The van der Waals surface area contributed by atoms with Gasteiger partial charge in [0.25, 0.3) is 0 Å². The zero-order valence-electron chi connectivity index (χ0n) is 25.4. The maximum atomic E-state index is 12.9. The topological polar surface area (TPSA) is 145 Å². The van der Waals surface area contributed by atoms with Crippen molar-refractivity contribution in [3.8, 4) is 0 Å². The van der Waals surface area contributed by atoms with E-state index in [0.29, 0.717) is 19.3 Å². The van der Waals surface area contributed by atoms with Crippen LogP contribution in [0.3, 0.4) is 0 Å². The van der Waals surface area contributed by atoms with Gasteiger partial charge in [0, 0.05) is 20.0 Å². The Labute approximate surface area is 232 Å². The predicted molar refractivity (Wildman–Crippen MR) is 146 cm³/mol. The van der Waals surface area contributed by atoms with Gasteiger partial charge in [0.2, 0.25) is 5.91 Å². The lowest BCUT2D eigenvalue weighted by Crippen LogP contribution is -2.57. The maximum Gasteiger partial charge on any atom is 0.435 e. The molecule has 1 rings (SSSR count). The van der Waals surface area contributed by atoms with Crippen molar-refractivity contribution in [3.05, 3.63) is 0 Å². The van der Waals surface area contributed by atoms with Crippen molar-refractivity contribution >= 4 is 30.4 Å². The molecule has 0 radical (unpaired) electrons. The fourth-order valence-corrected chi connectivity index (χ4v) is 4.73. The molecule has 12 nitrogen and oxygen atoms in total. The minimum absolute atomic E-state index is 0.245. The molecule has 1 fully saturated rings. The molecule has 0 aromatic carbocycles. The molecule has 3 amide bonds. The average Bonchev–Trinajstić information content (AvgIpc) is 3.20. The lowest BCUT2D eigenvalue weighted by atomic mass is 9.79. The summed E-state index contributed by atoms with van der Waals surface area (Å²) in [5, 5.41) is 3.84. The molecule has 39 heavy (non-hydrogen) atoms. The van der Waals surface area contributed by atoms with Crippen LogP contribution in [0.1, 0.15) is 88.0 Å². The number of hydrogen-bond acceptors (Lipinski definition) is 9. The summed E-state index contributed by atoms with van der Waals surface area (Å²) in [6, 6.07) is -1.02. The van der Waals surface area contributed by atoms with E-state index in [2.05, 4.69) is 15.7 Å². The van der Waals surface area contributed by atoms with Crippen LogP contribution in [0.2, 0.25) is 0 Å². The van der Waals surface area contributed by atoms with Gasteiger partial charge >= 0.3 is 18.2 Å². The van der Waals surface area contributed by atoms with E-state index in [4.69, 9.17) is 18.9 Å². The van der Waals surface area contributed by atoms with Gasteiger partial charge in [-0.15, -0.1) is 0 Å². The SMILES string of the molecule is CCC[C@](C)(OC)[C@H](NC(C)=O)[C@@H]1C[C@@H](C(=O)OC)C[C@H]1N=CN(NC(=O)OC(C)(C)C)C(=O)OC(C)(C)C. The van der Waals surface area contributed by atoms with Crippen LogP contribution >= 0.6 is 0 Å². The fraction of sp³-hybridized carbons (Fsp3) is 0.815. The quantitative estimate of drug-likeness (QED) is 0.143. The van der Waals surface area contributed by atoms with E-state index >= 15 is 0 Å². The molecule has 1 aliphatic rings. The Morgan fingerprint density at radius 2 is 1.59 bits per heavy atom. The maximum absolute atomic E-state index is 12.9. The van der Waals surface area contributed by atoms with E-state index in [1.165, 1.54) is 14.0 Å². The first-order valence-electron chi connectivity index (χ1n) is 13.3. The number of carbonyl (C=O) groups excluding carboxylic acids is 4. The molecule has 2 N–H and O–H groups in total. The molecule has 0 bridgehead atoms. The molecule has 0 heterocycles. The Bertz CT molecular complexity index is 895. The summed E-state index contributed by atoms with van der Waals surface area (Å²) in [6.07, 6.45) is 1.55. The minimum atomic E-state index is -0.874. The van der Waals surface area contributed by atoms with Crippen LogP contribution in [0.25, 0.3) is 0 Å². The van der Waals surface area contributed by atoms with Crippen LogP contribution in [-0.2, 0) is 28.5 Å². The summed E-state index contributed by atoms with van der Waals surface area (Å²) in [6.45, 7) is 15.5. The van der Waals surface area contributed by atoms with E-state index in [1.807, 2.05) is 13.8 Å². The van der Waals surface area contributed by atoms with Crippen molar-refractivity contribution < 1.29 is 38.1 Å². The second-order valence-electron chi connectivity index (χ2n) is 12.1. The average molecular weight is 557 g/mol. The highest BCUT2D eigenvalue weighted by atomic mass is 16.6. The summed E-state index contributed by atoms with van der Waals surface area (Å²) in [5.41, 5.74) is -0.0319. The third-order valence-electron chi connectivity index (χ3n) is 6.34. The first-order chi connectivity index (χ1) is 17.9. The Kier molecular flexibility index (Phi) is 12.2. The molecule has 0 unspecified atom stereocenters. The largest absolute Gasteiger partial charge is 0.469 e. The van der Waals surface area contributed by atoms with Gasteiger partial charge in [-0.1, -0.05) is 13.3 Å². The van der Waals surface area contributed by atoms with Gasteiger partial charge in [0.15, 0.2) is 0 Å². The number of esters is 1. The highest BCUT2D eigenvalue weighted by Gasteiger charge is 2.49. The minimum Gasteiger partial charge on any atom is -0.469 e. The Morgan fingerprint density at radius 1 is 1.00 bits per heavy atom. The number of nitrogens with one attached hydrogen (secondary N) is 2. The third kappa shape index (κ3) is 11.0. The number of hydrazine groups is 1. The van der Waals surface area contributed by atoms with Gasteiger partial charge in [-0.25, -0.2) is 15.0 Å². The summed E-state index contributed by atoms with van der Waals surface area (Å²) in [4.78, 5) is 54.8. The summed E-state index contributed by atoms with van der Waals surface area (Å²) >= 11 is 0. The van der Waals surface area contributed by atoms with E-state index in [1.54, 1.807) is 48.7 Å². The zero-order valence-corrected chi connectivity index (χ0v) is 25.4. The van der Waals surface area contributed by atoms with Crippen LogP contribution < -0.4 is 10.7 Å². The van der Waals surface area contributed by atoms with Gasteiger partial charge in [0.05, 0.1) is 30.7 Å². The molecule has 0 saturated heterocycles. The standard InChI is InChI=1S/C27H48N4O8/c1-12-13-27(9,37-11)21(29-17(2)32)19-14-18(22(33)36-10)15-20(19)28-16-31(24(35)39-26(6,7)8)30-23(34)38-25(3,4)5/h16,18-21H,12-15H2,1-11H3,(H,29,32)(H,30,34)/t18-,19-,20-,21-,27+/m1/s1. The summed E-state index contributed by atoms with van der Waals surface area (Å²) in [7, 11) is 2.91. The Hall–Kier alpha value is -2.89. The van der Waals surface area contributed by atoms with Crippen LogP contribution in [0, 0.1) is 11.8 Å². The molecule has 0 aromatic heterocycles. The first-order valence-corrected chi connectivity index (χ1v) is 13.3. The van der Waals surface area contributed by atoms with Crippen molar-refractivity contribution in [1.29, 1.82) is 0 Å². The van der Waals surface area contributed by atoms with Crippen LogP contribution in [0.5, 0.6) is 0 Å². The van der Waals surface area contributed by atoms with E-state index in [0.717, 1.165) is 17.8 Å². The molecular weight excluding hydrogens is 508 g/mol. The lowest BCUT2D eigenvalue weighted by Gasteiger charge is -2.41. The van der Waals surface area contributed by atoms with E-state index in [-0.39, 0.29) is 17.8 Å². The van der Waals surface area contributed by atoms with Crippen LogP contribution in [0.4, 0.5) is 9.59 Å². The van der Waals surface area contributed by atoms with Gasteiger partial charge in [0.1, 0.15) is 17.5 Å². The summed E-state index contributed by atoms with van der Waals surface area (Å²) < 4.78 is 21.6. The molecule has 0 spiro atoms. The van der Waals surface area contributed by atoms with Crippen molar-refractivity contribution in [2.75, 3.05) is 14.2 Å². The van der Waals surface area contributed by atoms with Crippen molar-refractivity contribution in [2.45, 2.75) is 117 Å². The lowest BCUT2D eigenvalue weighted by molar-refractivity contribution is -0.145. The Balaban J connectivity index is 3.46. The highest BCUT2D eigenvalue weighted by molar-refractivity contribution is 5.85. The number of aliphatic imine (C=N–C) groups is 1. The Morgan fingerprint density at radius 3 is 2.05 bits per heavy atom. The normalized spacial score (nSPS) is 22.0.